The molecule has 0 saturated heterocycles. The molecule has 1 aliphatic rings. The molecule has 0 spiro atoms. The zero-order valence-corrected chi connectivity index (χ0v) is 17.2. The second-order valence-electron chi connectivity index (χ2n) is 6.72. The van der Waals surface area contributed by atoms with Crippen LogP contribution in [0.3, 0.4) is 0 Å². The van der Waals surface area contributed by atoms with Crippen molar-refractivity contribution in [3.05, 3.63) is 88.4 Å². The number of nitrogens with one attached hydrogen (secondary N) is 1. The number of hydrogen-bond acceptors (Lipinski definition) is 3. The summed E-state index contributed by atoms with van der Waals surface area (Å²) in [6.07, 6.45) is 0.737. The summed E-state index contributed by atoms with van der Waals surface area (Å²) >= 11 is 3.38. The Labute approximate surface area is 177 Å². The zero-order chi connectivity index (χ0) is 20.2. The van der Waals surface area contributed by atoms with Gasteiger partial charge in [-0.05, 0) is 48.4 Å². The van der Waals surface area contributed by atoms with Gasteiger partial charge in [0.1, 0.15) is 5.75 Å². The highest BCUT2D eigenvalue weighted by Crippen LogP contribution is 2.35. The SMILES string of the molecule is O=C(Nc1ccc2c(c1)N(CCc1ccccc1)C(=O)CO2)c1cccc(Br)c1. The third kappa shape index (κ3) is 4.49. The molecule has 1 heterocycles. The van der Waals surface area contributed by atoms with Crippen LogP contribution in [0.25, 0.3) is 0 Å². The molecule has 2 amide bonds. The van der Waals surface area contributed by atoms with Crippen LogP contribution in [0.4, 0.5) is 11.4 Å². The van der Waals surface area contributed by atoms with Gasteiger partial charge in [0.15, 0.2) is 6.61 Å². The highest BCUT2D eigenvalue weighted by atomic mass is 79.9. The Morgan fingerprint density at radius 2 is 1.86 bits per heavy atom. The summed E-state index contributed by atoms with van der Waals surface area (Å²) in [5.41, 5.74) is 2.98. The molecule has 29 heavy (non-hydrogen) atoms. The Bertz CT molecular complexity index is 1050. The van der Waals surface area contributed by atoms with Gasteiger partial charge >= 0.3 is 0 Å². The van der Waals surface area contributed by atoms with Crippen LogP contribution in [0.1, 0.15) is 15.9 Å². The molecule has 0 aromatic heterocycles. The summed E-state index contributed by atoms with van der Waals surface area (Å²) in [7, 11) is 0. The first-order valence-electron chi connectivity index (χ1n) is 9.28. The maximum absolute atomic E-state index is 12.5. The van der Waals surface area contributed by atoms with Crippen molar-refractivity contribution < 1.29 is 14.3 Å². The van der Waals surface area contributed by atoms with Crippen molar-refractivity contribution in [2.24, 2.45) is 0 Å². The van der Waals surface area contributed by atoms with Gasteiger partial charge in [-0.15, -0.1) is 0 Å². The van der Waals surface area contributed by atoms with Gasteiger partial charge in [-0.1, -0.05) is 52.3 Å². The van der Waals surface area contributed by atoms with E-state index in [9.17, 15) is 9.59 Å². The molecule has 3 aromatic rings. The molecule has 0 bridgehead atoms. The Balaban J connectivity index is 1.54. The van der Waals surface area contributed by atoms with Gasteiger partial charge in [0.2, 0.25) is 0 Å². The lowest BCUT2D eigenvalue weighted by Crippen LogP contribution is -2.40. The molecule has 0 fully saturated rings. The quantitative estimate of drug-likeness (QED) is 0.614. The molecule has 4 rings (SSSR count). The van der Waals surface area contributed by atoms with Gasteiger partial charge in [-0.3, -0.25) is 9.59 Å². The molecule has 6 heteroatoms. The van der Waals surface area contributed by atoms with E-state index >= 15 is 0 Å². The number of ether oxygens (including phenoxy) is 1. The molecule has 5 nitrogen and oxygen atoms in total. The second kappa shape index (κ2) is 8.49. The summed E-state index contributed by atoms with van der Waals surface area (Å²) in [5, 5.41) is 2.89. The Morgan fingerprint density at radius 1 is 1.03 bits per heavy atom. The normalized spacial score (nSPS) is 12.9. The van der Waals surface area contributed by atoms with E-state index in [-0.39, 0.29) is 18.4 Å². The monoisotopic (exact) mass is 450 g/mol. The second-order valence-corrected chi connectivity index (χ2v) is 7.63. The van der Waals surface area contributed by atoms with Crippen LogP contribution in [0, 0.1) is 0 Å². The number of rotatable bonds is 5. The number of carbonyl (C=O) groups is 2. The van der Waals surface area contributed by atoms with E-state index < -0.39 is 0 Å². The van der Waals surface area contributed by atoms with E-state index in [1.165, 1.54) is 0 Å². The summed E-state index contributed by atoms with van der Waals surface area (Å²) < 4.78 is 6.40. The Kier molecular flexibility index (Phi) is 5.62. The number of carbonyl (C=O) groups excluding carboxylic acids is 2. The third-order valence-electron chi connectivity index (χ3n) is 4.71. The minimum absolute atomic E-state index is 0.0194. The third-order valence-corrected chi connectivity index (χ3v) is 5.21. The van der Waals surface area contributed by atoms with Gasteiger partial charge in [0.05, 0.1) is 5.69 Å². The average Bonchev–Trinajstić information content (AvgIpc) is 2.74. The molecule has 1 aliphatic heterocycles. The van der Waals surface area contributed by atoms with Crippen LogP contribution in [0.15, 0.2) is 77.3 Å². The van der Waals surface area contributed by atoms with Crippen molar-refractivity contribution in [2.45, 2.75) is 6.42 Å². The molecule has 0 aliphatic carbocycles. The molecule has 0 saturated carbocycles. The first-order valence-corrected chi connectivity index (χ1v) is 10.1. The smallest absolute Gasteiger partial charge is 0.265 e. The van der Waals surface area contributed by atoms with E-state index in [0.29, 0.717) is 29.2 Å². The lowest BCUT2D eigenvalue weighted by molar-refractivity contribution is -0.121. The predicted octanol–water partition coefficient (Wildman–Crippen LogP) is 4.67. The number of halogens is 1. The van der Waals surface area contributed by atoms with Gasteiger partial charge < -0.3 is 15.0 Å². The van der Waals surface area contributed by atoms with E-state index in [0.717, 1.165) is 16.5 Å². The van der Waals surface area contributed by atoms with Gasteiger partial charge in [-0.25, -0.2) is 0 Å². The van der Waals surface area contributed by atoms with Crippen molar-refractivity contribution in [3.63, 3.8) is 0 Å². The molecular weight excluding hydrogens is 432 g/mol. The van der Waals surface area contributed by atoms with Gasteiger partial charge in [0, 0.05) is 22.3 Å². The predicted molar refractivity (Wildman–Crippen MR) is 117 cm³/mol. The Hall–Kier alpha value is -3.12. The van der Waals surface area contributed by atoms with Gasteiger partial charge in [-0.2, -0.15) is 0 Å². The van der Waals surface area contributed by atoms with Crippen LogP contribution in [0.5, 0.6) is 5.75 Å². The summed E-state index contributed by atoms with van der Waals surface area (Å²) in [4.78, 5) is 26.7. The fourth-order valence-electron chi connectivity index (χ4n) is 3.24. The molecule has 0 radical (unpaired) electrons. The number of fused-ring (bicyclic) bond motifs is 1. The number of nitrogens with zero attached hydrogens (tertiary/aromatic N) is 1. The fraction of sp³-hybridized carbons (Fsp3) is 0.130. The van der Waals surface area contributed by atoms with Gasteiger partial charge in [0.25, 0.3) is 11.8 Å². The topological polar surface area (TPSA) is 58.6 Å². The van der Waals surface area contributed by atoms with Crippen molar-refractivity contribution in [1.82, 2.24) is 0 Å². The zero-order valence-electron chi connectivity index (χ0n) is 15.6. The minimum atomic E-state index is -0.217. The Morgan fingerprint density at radius 3 is 2.66 bits per heavy atom. The summed E-state index contributed by atoms with van der Waals surface area (Å²) in [6, 6.07) is 22.6. The van der Waals surface area contributed by atoms with Crippen molar-refractivity contribution in [1.29, 1.82) is 0 Å². The van der Waals surface area contributed by atoms with Crippen LogP contribution in [0.2, 0.25) is 0 Å². The van der Waals surface area contributed by atoms with Crippen LogP contribution in [-0.2, 0) is 11.2 Å². The number of amides is 2. The summed E-state index contributed by atoms with van der Waals surface area (Å²) in [6.45, 7) is 0.563. The first kappa shape index (κ1) is 19.2. The standard InChI is InChI=1S/C23H19BrN2O3/c24-18-8-4-7-17(13-18)23(28)25-19-9-10-21-20(14-19)26(22(27)15-29-21)12-11-16-5-2-1-3-6-16/h1-10,13-14H,11-12,15H2,(H,25,28). The molecule has 0 unspecified atom stereocenters. The van der Waals surface area contributed by atoms with E-state index in [2.05, 4.69) is 21.2 Å². The summed E-state index contributed by atoms with van der Waals surface area (Å²) in [5.74, 6) is 0.326. The van der Waals surface area contributed by atoms with Crippen LogP contribution in [-0.4, -0.2) is 25.0 Å². The lowest BCUT2D eigenvalue weighted by Gasteiger charge is -2.30. The fourth-order valence-corrected chi connectivity index (χ4v) is 3.64. The van der Waals surface area contributed by atoms with Crippen molar-refractivity contribution >= 4 is 39.1 Å². The van der Waals surface area contributed by atoms with E-state index in [1.54, 1.807) is 35.2 Å². The van der Waals surface area contributed by atoms with Crippen molar-refractivity contribution in [2.75, 3.05) is 23.4 Å². The molecule has 146 valence electrons. The van der Waals surface area contributed by atoms with Crippen LogP contribution < -0.4 is 15.0 Å². The van der Waals surface area contributed by atoms with E-state index in [1.807, 2.05) is 42.5 Å². The highest BCUT2D eigenvalue weighted by molar-refractivity contribution is 9.10. The maximum Gasteiger partial charge on any atom is 0.265 e. The van der Waals surface area contributed by atoms with E-state index in [4.69, 9.17) is 4.74 Å². The average molecular weight is 451 g/mol. The highest BCUT2D eigenvalue weighted by Gasteiger charge is 2.25. The molecule has 1 N–H and O–H groups in total. The number of anilines is 2. The van der Waals surface area contributed by atoms with Crippen LogP contribution >= 0.6 is 15.9 Å². The van der Waals surface area contributed by atoms with Crippen molar-refractivity contribution in [3.8, 4) is 5.75 Å². The largest absolute Gasteiger partial charge is 0.482 e. The molecular formula is C23H19BrN2O3. The minimum Gasteiger partial charge on any atom is -0.482 e. The first-order chi connectivity index (χ1) is 14.1. The lowest BCUT2D eigenvalue weighted by atomic mass is 10.1. The number of benzene rings is 3. The maximum atomic E-state index is 12.5. The molecule has 0 atom stereocenters. The number of hydrogen-bond donors (Lipinski definition) is 1. The molecule has 3 aromatic carbocycles.